The van der Waals surface area contributed by atoms with Crippen molar-refractivity contribution in [1.29, 1.82) is 0 Å². The zero-order chi connectivity index (χ0) is 16.8. The predicted octanol–water partition coefficient (Wildman–Crippen LogP) is 3.51. The van der Waals surface area contributed by atoms with Crippen molar-refractivity contribution in [3.8, 4) is 0 Å². The summed E-state index contributed by atoms with van der Waals surface area (Å²) in [4.78, 5) is 15.2. The van der Waals surface area contributed by atoms with Crippen molar-refractivity contribution in [2.75, 3.05) is 13.1 Å². The third-order valence-corrected chi connectivity index (χ3v) is 5.75. The largest absolute Gasteiger partial charge is 0.365 e. The maximum atomic E-state index is 13.2. The highest BCUT2D eigenvalue weighted by Crippen LogP contribution is 2.41. The second kappa shape index (κ2) is 5.87. The van der Waals surface area contributed by atoms with Crippen molar-refractivity contribution in [2.24, 2.45) is 0 Å². The molecule has 5 heteroatoms. The molecule has 1 aliphatic heterocycles. The number of aryl methyl sites for hydroxylation is 1. The number of hydrogen-bond donors (Lipinski definition) is 0. The van der Waals surface area contributed by atoms with Crippen LogP contribution in [0.25, 0.3) is 0 Å². The van der Waals surface area contributed by atoms with Crippen LogP contribution in [0.15, 0.2) is 4.52 Å². The molecule has 0 N–H and O–H groups in total. The van der Waals surface area contributed by atoms with Gasteiger partial charge >= 0.3 is 0 Å². The van der Waals surface area contributed by atoms with Gasteiger partial charge in [-0.25, -0.2) is 0 Å². The number of hydrogen-bond acceptors (Lipinski definition) is 4. The van der Waals surface area contributed by atoms with Gasteiger partial charge in [0, 0.05) is 18.5 Å². The molecule has 1 amide bonds. The molecule has 1 saturated carbocycles. The molecule has 1 aromatic heterocycles. The van der Waals surface area contributed by atoms with Crippen molar-refractivity contribution < 1.29 is 14.1 Å². The molecule has 1 saturated heterocycles. The molecule has 3 aliphatic rings. The zero-order valence-electron chi connectivity index (χ0n) is 14.9. The van der Waals surface area contributed by atoms with Gasteiger partial charge in [0.25, 0.3) is 5.91 Å². The van der Waals surface area contributed by atoms with Gasteiger partial charge in [0.2, 0.25) is 0 Å². The Morgan fingerprint density at radius 3 is 2.58 bits per heavy atom. The minimum Gasteiger partial charge on any atom is -0.365 e. The van der Waals surface area contributed by atoms with Crippen LogP contribution in [-0.4, -0.2) is 40.3 Å². The summed E-state index contributed by atoms with van der Waals surface area (Å²) in [6.45, 7) is 5.50. The van der Waals surface area contributed by atoms with Gasteiger partial charge in [0.05, 0.1) is 17.7 Å². The number of ether oxygens (including phenoxy) is 1. The van der Waals surface area contributed by atoms with Crippen molar-refractivity contribution in [3.63, 3.8) is 0 Å². The van der Waals surface area contributed by atoms with Crippen LogP contribution < -0.4 is 0 Å². The van der Waals surface area contributed by atoms with Crippen LogP contribution in [0.1, 0.15) is 80.6 Å². The summed E-state index contributed by atoms with van der Waals surface area (Å²) in [5, 5.41) is 4.17. The quantitative estimate of drug-likeness (QED) is 0.739. The Bertz CT molecular complexity index is 629. The van der Waals surface area contributed by atoms with E-state index in [1.807, 2.05) is 4.90 Å². The van der Waals surface area contributed by atoms with E-state index >= 15 is 0 Å². The van der Waals surface area contributed by atoms with Gasteiger partial charge in [-0.05, 0) is 46.0 Å². The van der Waals surface area contributed by atoms with E-state index in [0.29, 0.717) is 18.8 Å². The van der Waals surface area contributed by atoms with Crippen LogP contribution in [0.5, 0.6) is 0 Å². The lowest BCUT2D eigenvalue weighted by atomic mass is 9.93. The molecule has 0 atom stereocenters. The molecule has 2 aliphatic carbocycles. The lowest BCUT2D eigenvalue weighted by Gasteiger charge is -2.48. The van der Waals surface area contributed by atoms with Crippen LogP contribution in [-0.2, 0) is 17.6 Å². The Morgan fingerprint density at radius 2 is 1.79 bits per heavy atom. The number of fused-ring (bicyclic) bond motifs is 1. The molecule has 0 bridgehead atoms. The molecule has 5 nitrogen and oxygen atoms in total. The summed E-state index contributed by atoms with van der Waals surface area (Å²) >= 11 is 0. The van der Waals surface area contributed by atoms with E-state index in [0.717, 1.165) is 49.8 Å². The minimum absolute atomic E-state index is 0.0320. The fourth-order valence-corrected chi connectivity index (χ4v) is 4.82. The summed E-state index contributed by atoms with van der Waals surface area (Å²) in [5.74, 6) is 0.962. The van der Waals surface area contributed by atoms with E-state index in [1.165, 1.54) is 19.3 Å². The number of carbonyl (C=O) groups is 1. The van der Waals surface area contributed by atoms with E-state index < -0.39 is 0 Å². The lowest BCUT2D eigenvalue weighted by Crippen LogP contribution is -2.60. The van der Waals surface area contributed by atoms with E-state index in [4.69, 9.17) is 9.26 Å². The number of nitrogens with zero attached hydrogens (tertiary/aromatic N) is 2. The molecule has 0 radical (unpaired) electrons. The highest BCUT2D eigenvalue weighted by molar-refractivity contribution is 5.94. The molecule has 2 heterocycles. The van der Waals surface area contributed by atoms with E-state index in [1.54, 1.807) is 0 Å². The van der Waals surface area contributed by atoms with Gasteiger partial charge in [-0.1, -0.05) is 24.4 Å². The molecule has 1 spiro atoms. The van der Waals surface area contributed by atoms with Crippen molar-refractivity contribution in [3.05, 3.63) is 17.0 Å². The van der Waals surface area contributed by atoms with Gasteiger partial charge in [0.15, 0.2) is 5.69 Å². The predicted molar refractivity (Wildman–Crippen MR) is 90.0 cm³/mol. The monoisotopic (exact) mass is 332 g/mol. The van der Waals surface area contributed by atoms with Crippen molar-refractivity contribution >= 4 is 5.91 Å². The van der Waals surface area contributed by atoms with Crippen LogP contribution in [0.2, 0.25) is 0 Å². The van der Waals surface area contributed by atoms with Gasteiger partial charge in [-0.15, -0.1) is 0 Å². The average molecular weight is 332 g/mol. The Hall–Kier alpha value is -1.36. The topological polar surface area (TPSA) is 55.6 Å². The average Bonchev–Trinajstić information content (AvgIpc) is 3.05. The van der Waals surface area contributed by atoms with Crippen molar-refractivity contribution in [1.82, 2.24) is 10.1 Å². The van der Waals surface area contributed by atoms with Gasteiger partial charge in [0.1, 0.15) is 5.76 Å². The summed E-state index contributed by atoms with van der Waals surface area (Å²) in [6.07, 6.45) is 9.76. The maximum absolute atomic E-state index is 13.2. The first-order valence-electron chi connectivity index (χ1n) is 9.45. The van der Waals surface area contributed by atoms with Crippen LogP contribution in [0.4, 0.5) is 0 Å². The van der Waals surface area contributed by atoms with Gasteiger partial charge in [-0.3, -0.25) is 4.79 Å². The van der Waals surface area contributed by atoms with Gasteiger partial charge in [-0.2, -0.15) is 0 Å². The molecular weight excluding hydrogens is 304 g/mol. The molecule has 0 aromatic carbocycles. The number of rotatable bonds is 1. The van der Waals surface area contributed by atoms with E-state index in [2.05, 4.69) is 19.0 Å². The molecule has 132 valence electrons. The first-order valence-corrected chi connectivity index (χ1v) is 9.45. The molecule has 2 fully saturated rings. The summed E-state index contributed by atoms with van der Waals surface area (Å²) in [6, 6.07) is 0. The normalized spacial score (nSPS) is 25.5. The maximum Gasteiger partial charge on any atom is 0.276 e. The smallest absolute Gasteiger partial charge is 0.276 e. The van der Waals surface area contributed by atoms with Gasteiger partial charge < -0.3 is 14.2 Å². The highest BCUT2D eigenvalue weighted by Gasteiger charge is 2.47. The summed E-state index contributed by atoms with van der Waals surface area (Å²) < 4.78 is 11.9. The molecular formula is C19H28N2O3. The Morgan fingerprint density at radius 1 is 1.04 bits per heavy atom. The number of amides is 1. The Balaban J connectivity index is 1.61. The fourth-order valence-electron chi connectivity index (χ4n) is 4.82. The fraction of sp³-hybridized carbons (Fsp3) is 0.789. The van der Waals surface area contributed by atoms with Crippen LogP contribution in [0, 0.1) is 0 Å². The minimum atomic E-state index is -0.307. The zero-order valence-corrected chi connectivity index (χ0v) is 14.9. The second-order valence-electron chi connectivity index (χ2n) is 8.41. The number of morpholine rings is 1. The first kappa shape index (κ1) is 16.1. The third-order valence-electron chi connectivity index (χ3n) is 5.75. The van der Waals surface area contributed by atoms with Crippen LogP contribution >= 0.6 is 0 Å². The van der Waals surface area contributed by atoms with Crippen molar-refractivity contribution in [2.45, 2.75) is 82.8 Å². The van der Waals surface area contributed by atoms with E-state index in [-0.39, 0.29) is 17.1 Å². The molecule has 0 unspecified atom stereocenters. The molecule has 4 rings (SSSR count). The summed E-state index contributed by atoms with van der Waals surface area (Å²) in [7, 11) is 0. The second-order valence-corrected chi connectivity index (χ2v) is 8.41. The summed E-state index contributed by atoms with van der Waals surface area (Å²) in [5.41, 5.74) is 1.15. The van der Waals surface area contributed by atoms with Crippen LogP contribution in [0.3, 0.4) is 0 Å². The third kappa shape index (κ3) is 2.87. The SMILES string of the molecule is CC1(C)CN(C(=O)c2noc3c2CCCCC3)CC2(CCCC2)O1. The number of aromatic nitrogens is 1. The molecule has 24 heavy (non-hydrogen) atoms. The molecule has 1 aromatic rings. The Labute approximate surface area is 143 Å². The first-order chi connectivity index (χ1) is 11.5. The highest BCUT2D eigenvalue weighted by atomic mass is 16.5. The lowest BCUT2D eigenvalue weighted by molar-refractivity contribution is -0.184. The van der Waals surface area contributed by atoms with E-state index in [9.17, 15) is 4.79 Å². The number of carbonyl (C=O) groups excluding carboxylic acids is 1. The Kier molecular flexibility index (Phi) is 3.94. The standard InChI is InChI=1S/C19H28N2O3/c1-18(2)12-21(13-19(24-18)10-6-7-11-19)17(22)16-14-8-4-3-5-9-15(14)23-20-16/h3-13H2,1-2H3.